The smallest absolute Gasteiger partial charge is 0.328 e. The summed E-state index contributed by atoms with van der Waals surface area (Å²) in [6.07, 6.45) is 0. The second kappa shape index (κ2) is 5.17. The Morgan fingerprint density at radius 1 is 1.18 bits per heavy atom. The van der Waals surface area contributed by atoms with E-state index in [2.05, 4.69) is 0 Å². The van der Waals surface area contributed by atoms with Crippen LogP contribution in [-0.4, -0.2) is 45.0 Å². The number of aliphatic hydroxyl groups is 1. The Hall–Kier alpha value is -2.28. The van der Waals surface area contributed by atoms with Gasteiger partial charge in [0.15, 0.2) is 6.04 Å². The number of carboxylic acids is 1. The van der Waals surface area contributed by atoms with E-state index in [1.165, 1.54) is 0 Å². The summed E-state index contributed by atoms with van der Waals surface area (Å²) >= 11 is 0. The molecule has 17 heavy (non-hydrogen) atoms. The molecular weight excluding hydrogens is 230 g/mol. The van der Waals surface area contributed by atoms with Gasteiger partial charge in [0.05, 0.1) is 6.61 Å². The first-order valence-corrected chi connectivity index (χ1v) is 4.61. The highest BCUT2D eigenvalue weighted by atomic mass is 16.4. The zero-order valence-corrected chi connectivity index (χ0v) is 8.62. The van der Waals surface area contributed by atoms with Crippen molar-refractivity contribution in [2.75, 3.05) is 6.61 Å². The molecule has 0 spiro atoms. The van der Waals surface area contributed by atoms with Gasteiger partial charge in [0.1, 0.15) is 11.5 Å². The Bertz CT molecular complexity index is 424. The SMILES string of the molecule is O=C(N[C@H](CO)C(=O)O)c1cc(O)cc(O)c1. The van der Waals surface area contributed by atoms with E-state index in [-0.39, 0.29) is 17.1 Å². The van der Waals surface area contributed by atoms with Crippen LogP contribution in [0.3, 0.4) is 0 Å². The van der Waals surface area contributed by atoms with Gasteiger partial charge in [-0.25, -0.2) is 4.79 Å². The predicted molar refractivity (Wildman–Crippen MR) is 55.7 cm³/mol. The highest BCUT2D eigenvalue weighted by Crippen LogP contribution is 2.20. The number of phenolic OH excluding ortho intramolecular Hbond substituents is 2. The van der Waals surface area contributed by atoms with Crippen LogP contribution in [0.15, 0.2) is 18.2 Å². The Kier molecular flexibility index (Phi) is 3.89. The second-order valence-electron chi connectivity index (χ2n) is 3.28. The molecule has 0 aliphatic heterocycles. The summed E-state index contributed by atoms with van der Waals surface area (Å²) in [4.78, 5) is 22.1. The average molecular weight is 241 g/mol. The summed E-state index contributed by atoms with van der Waals surface area (Å²) in [6.45, 7) is -0.758. The Morgan fingerprint density at radius 2 is 1.71 bits per heavy atom. The van der Waals surface area contributed by atoms with Crippen molar-refractivity contribution in [3.63, 3.8) is 0 Å². The molecule has 0 bridgehead atoms. The van der Waals surface area contributed by atoms with Crippen molar-refractivity contribution < 1.29 is 30.0 Å². The number of hydrogen-bond donors (Lipinski definition) is 5. The van der Waals surface area contributed by atoms with Crippen molar-refractivity contribution >= 4 is 11.9 Å². The van der Waals surface area contributed by atoms with Crippen molar-refractivity contribution in [1.82, 2.24) is 5.32 Å². The largest absolute Gasteiger partial charge is 0.508 e. The summed E-state index contributed by atoms with van der Waals surface area (Å²) < 4.78 is 0. The third kappa shape index (κ3) is 3.35. The third-order valence-electron chi connectivity index (χ3n) is 1.95. The maximum atomic E-state index is 11.5. The van der Waals surface area contributed by atoms with Crippen LogP contribution in [0.4, 0.5) is 0 Å². The minimum atomic E-state index is -1.44. The molecule has 0 aromatic heterocycles. The van der Waals surface area contributed by atoms with Gasteiger partial charge in [0, 0.05) is 11.6 Å². The van der Waals surface area contributed by atoms with Crippen molar-refractivity contribution in [2.24, 2.45) is 0 Å². The molecule has 1 atom stereocenters. The number of aliphatic hydroxyl groups excluding tert-OH is 1. The van der Waals surface area contributed by atoms with Crippen LogP contribution in [-0.2, 0) is 4.79 Å². The van der Waals surface area contributed by atoms with Gasteiger partial charge in [-0.15, -0.1) is 0 Å². The second-order valence-corrected chi connectivity index (χ2v) is 3.28. The number of carbonyl (C=O) groups excluding carboxylic acids is 1. The Morgan fingerprint density at radius 3 is 2.12 bits per heavy atom. The van der Waals surface area contributed by atoms with Gasteiger partial charge in [-0.1, -0.05) is 0 Å². The van der Waals surface area contributed by atoms with Gasteiger partial charge in [-0.05, 0) is 12.1 Å². The molecule has 5 N–H and O–H groups in total. The van der Waals surface area contributed by atoms with Crippen LogP contribution in [0.25, 0.3) is 0 Å². The van der Waals surface area contributed by atoms with Gasteiger partial charge >= 0.3 is 5.97 Å². The summed E-state index contributed by atoms with van der Waals surface area (Å²) in [6, 6.07) is 1.71. The number of hydrogen-bond acceptors (Lipinski definition) is 5. The summed E-state index contributed by atoms with van der Waals surface area (Å²) in [5.74, 6) is -2.86. The Balaban J connectivity index is 2.86. The fourth-order valence-corrected chi connectivity index (χ4v) is 1.15. The minimum Gasteiger partial charge on any atom is -0.508 e. The first-order chi connectivity index (χ1) is 7.93. The van der Waals surface area contributed by atoms with Gasteiger partial charge < -0.3 is 25.7 Å². The molecule has 7 nitrogen and oxygen atoms in total. The van der Waals surface area contributed by atoms with Gasteiger partial charge in [0.2, 0.25) is 0 Å². The van der Waals surface area contributed by atoms with E-state index in [9.17, 15) is 9.59 Å². The van der Waals surface area contributed by atoms with Crippen molar-refractivity contribution in [2.45, 2.75) is 6.04 Å². The number of phenols is 2. The standard InChI is InChI=1S/C10H11NO6/c12-4-8(10(16)17)11-9(15)5-1-6(13)3-7(14)2-5/h1-3,8,12-14H,4H2,(H,11,15)(H,16,17)/t8-/m1/s1. The average Bonchev–Trinajstić information content (AvgIpc) is 2.23. The lowest BCUT2D eigenvalue weighted by atomic mass is 10.1. The number of carbonyl (C=O) groups is 2. The van der Waals surface area contributed by atoms with Crippen molar-refractivity contribution in [3.8, 4) is 11.5 Å². The van der Waals surface area contributed by atoms with Gasteiger partial charge in [-0.2, -0.15) is 0 Å². The van der Waals surface area contributed by atoms with Crippen LogP contribution < -0.4 is 5.32 Å². The fourth-order valence-electron chi connectivity index (χ4n) is 1.15. The number of aliphatic carboxylic acids is 1. The summed E-state index contributed by atoms with van der Waals surface area (Å²) in [7, 11) is 0. The molecule has 0 unspecified atom stereocenters. The van der Waals surface area contributed by atoms with E-state index in [4.69, 9.17) is 20.4 Å². The van der Waals surface area contributed by atoms with Crippen LogP contribution in [0.5, 0.6) is 11.5 Å². The molecule has 1 rings (SSSR count). The number of amides is 1. The van der Waals surface area contributed by atoms with Gasteiger partial charge in [-0.3, -0.25) is 4.79 Å². The van der Waals surface area contributed by atoms with E-state index >= 15 is 0 Å². The predicted octanol–water partition coefficient (Wildman–Crippen LogP) is -0.727. The quantitative estimate of drug-likeness (QED) is 0.473. The third-order valence-corrected chi connectivity index (χ3v) is 1.95. The molecule has 0 radical (unpaired) electrons. The fraction of sp³-hybridized carbons (Fsp3) is 0.200. The molecule has 0 aliphatic rings. The first-order valence-electron chi connectivity index (χ1n) is 4.61. The summed E-state index contributed by atoms with van der Waals surface area (Å²) in [5, 5.41) is 37.6. The van der Waals surface area contributed by atoms with Crippen LogP contribution in [0.2, 0.25) is 0 Å². The zero-order chi connectivity index (χ0) is 13.0. The van der Waals surface area contributed by atoms with Crippen LogP contribution in [0, 0.1) is 0 Å². The molecule has 1 amide bonds. The molecule has 0 heterocycles. The molecule has 92 valence electrons. The lowest BCUT2D eigenvalue weighted by Crippen LogP contribution is -2.43. The van der Waals surface area contributed by atoms with E-state index < -0.39 is 24.5 Å². The van der Waals surface area contributed by atoms with Gasteiger partial charge in [0.25, 0.3) is 5.91 Å². The van der Waals surface area contributed by atoms with Crippen molar-refractivity contribution in [1.29, 1.82) is 0 Å². The zero-order valence-electron chi connectivity index (χ0n) is 8.62. The number of rotatable bonds is 4. The summed E-state index contributed by atoms with van der Waals surface area (Å²) in [5.41, 5.74) is -0.109. The molecule has 0 saturated carbocycles. The first kappa shape index (κ1) is 12.8. The molecule has 0 saturated heterocycles. The number of benzene rings is 1. The molecule has 7 heteroatoms. The molecule has 0 fully saturated rings. The van der Waals surface area contributed by atoms with E-state index in [0.717, 1.165) is 18.2 Å². The number of carboxylic acid groups (broad SMARTS) is 1. The topological polar surface area (TPSA) is 127 Å². The highest BCUT2D eigenvalue weighted by molar-refractivity contribution is 5.97. The number of nitrogens with one attached hydrogen (secondary N) is 1. The molecule has 1 aromatic carbocycles. The van der Waals surface area contributed by atoms with Crippen molar-refractivity contribution in [3.05, 3.63) is 23.8 Å². The highest BCUT2D eigenvalue weighted by Gasteiger charge is 2.20. The van der Waals surface area contributed by atoms with Crippen LogP contribution >= 0.6 is 0 Å². The monoisotopic (exact) mass is 241 g/mol. The lowest BCUT2D eigenvalue weighted by Gasteiger charge is -2.11. The maximum Gasteiger partial charge on any atom is 0.328 e. The normalized spacial score (nSPS) is 11.8. The van der Waals surface area contributed by atoms with E-state index in [1.54, 1.807) is 0 Å². The lowest BCUT2D eigenvalue weighted by molar-refractivity contribution is -0.140. The molecule has 0 aliphatic carbocycles. The van der Waals surface area contributed by atoms with Crippen LogP contribution in [0.1, 0.15) is 10.4 Å². The van der Waals surface area contributed by atoms with E-state index in [1.807, 2.05) is 5.32 Å². The minimum absolute atomic E-state index is 0.109. The van der Waals surface area contributed by atoms with E-state index in [0.29, 0.717) is 0 Å². The Labute approximate surface area is 95.9 Å². The maximum absolute atomic E-state index is 11.5. The molecular formula is C10H11NO6. The molecule has 1 aromatic rings. The number of aromatic hydroxyl groups is 2.